The molecule has 0 N–H and O–H groups in total. The van der Waals surface area contributed by atoms with Gasteiger partial charge in [0.05, 0.1) is 65.2 Å². The van der Waals surface area contributed by atoms with Crippen molar-refractivity contribution in [2.75, 3.05) is 9.80 Å². The van der Waals surface area contributed by atoms with E-state index in [1.807, 2.05) is 0 Å². The van der Waals surface area contributed by atoms with Crippen LogP contribution in [-0.4, -0.2) is 0 Å². The van der Waals surface area contributed by atoms with E-state index in [-0.39, 0.29) is 9.80 Å². The Kier molecular flexibility index (Phi) is 2.59. The standard InChI is InChI=1S/C49H38N2/c1-49(2)43-24-14-15-25-45(43)51(47-34-39(28-32-44(47)49)36-18-8-4-9-19-36)48-42-23-13-12-20-38(42)29-33-46(48)50(40-21-10-5-11-22-40)41-30-26-37(27-31-41)35-16-6-3-7-17-35/h3-34H,1-2H3/i1D3,2D3,3D,4D,5D,6D,7D,8D,9D,10D,11D,12D,13D,14D,15D,16D,17D,18D,19D,20D,21D,22D,23D,24D,25D,26D,27D,28D,29D,30D,32D,33D,34D. The molecule has 0 aromatic heterocycles. The number of rotatable bonds is 6. The number of para-hydroxylation sites is 2. The van der Waals surface area contributed by atoms with Crippen LogP contribution in [0.1, 0.15) is 75.5 Å². The molecule has 0 bridgehead atoms. The number of benzene rings is 8. The summed E-state index contributed by atoms with van der Waals surface area (Å²) in [5.41, 5.74) is -19.6. The van der Waals surface area contributed by atoms with Crippen molar-refractivity contribution in [3.8, 4) is 22.3 Å². The molecule has 1 aliphatic rings. The topological polar surface area (TPSA) is 6.48 Å². The molecule has 0 amide bonds. The average Bonchev–Trinajstić information content (AvgIpc) is 0.661. The summed E-state index contributed by atoms with van der Waals surface area (Å²) in [7, 11) is 0. The number of anilines is 6. The third-order valence-electron chi connectivity index (χ3n) is 7.68. The van der Waals surface area contributed by atoms with Crippen molar-refractivity contribution in [2.24, 2.45) is 0 Å². The monoisotopic (exact) mass is 692 g/mol. The molecule has 8 aromatic carbocycles. The first-order chi connectivity index (χ1) is 40.5. The van der Waals surface area contributed by atoms with Gasteiger partial charge in [-0.05, 0) is 81.1 Å². The maximum Gasteiger partial charge on any atom is 0.0781 e. The van der Waals surface area contributed by atoms with E-state index in [0.717, 1.165) is 0 Å². The quantitative estimate of drug-likeness (QED) is 0.171. The third kappa shape index (κ3) is 5.28. The number of hydrogen-bond donors (Lipinski definition) is 0. The Balaban J connectivity index is 1.71. The highest BCUT2D eigenvalue weighted by Gasteiger charge is 2.38. The van der Waals surface area contributed by atoms with E-state index in [2.05, 4.69) is 0 Å². The normalized spacial score (nSPS) is 23.8. The predicted molar refractivity (Wildman–Crippen MR) is 216 cm³/mol. The van der Waals surface area contributed by atoms with Crippen LogP contribution >= 0.6 is 0 Å². The zero-order valence-corrected chi connectivity index (χ0v) is 25.5. The maximum atomic E-state index is 10.3. The van der Waals surface area contributed by atoms with Crippen molar-refractivity contribution in [1.29, 1.82) is 0 Å². The molecule has 0 aliphatic carbocycles. The van der Waals surface area contributed by atoms with Gasteiger partial charge in [0.2, 0.25) is 0 Å². The van der Waals surface area contributed by atoms with Crippen molar-refractivity contribution in [2.45, 2.75) is 19.1 Å². The number of nitrogens with zero attached hydrogens (tertiary/aromatic N) is 2. The second-order valence-corrected chi connectivity index (χ2v) is 10.6. The Morgan fingerprint density at radius 3 is 1.86 bits per heavy atom. The van der Waals surface area contributed by atoms with E-state index in [9.17, 15) is 27.4 Å². The Hall–Kier alpha value is -6.38. The Morgan fingerprint density at radius 1 is 0.490 bits per heavy atom. The second-order valence-electron chi connectivity index (χ2n) is 10.6. The molecule has 8 aromatic rings. The highest BCUT2D eigenvalue weighted by atomic mass is 15.2. The second kappa shape index (κ2) is 12.5. The van der Waals surface area contributed by atoms with Crippen LogP contribution in [0.4, 0.5) is 34.1 Å². The lowest BCUT2D eigenvalue weighted by Crippen LogP contribution is -2.31. The molecular formula is C49H38N2. The van der Waals surface area contributed by atoms with Crippen molar-refractivity contribution < 1.29 is 50.7 Å². The van der Waals surface area contributed by atoms with Gasteiger partial charge in [-0.25, -0.2) is 0 Å². The van der Waals surface area contributed by atoms with Crippen molar-refractivity contribution in [1.82, 2.24) is 0 Å². The first kappa shape index (κ1) is 10.6. The van der Waals surface area contributed by atoms with Crippen LogP contribution in [0.3, 0.4) is 0 Å². The lowest BCUT2D eigenvalue weighted by atomic mass is 9.73. The minimum atomic E-state index is -4.28. The summed E-state index contributed by atoms with van der Waals surface area (Å²) in [6, 6.07) is -38.5. The van der Waals surface area contributed by atoms with Gasteiger partial charge in [0.1, 0.15) is 0 Å². The first-order valence-electron chi connectivity index (χ1n) is 33.2. The van der Waals surface area contributed by atoms with Crippen molar-refractivity contribution in [3.05, 3.63) is 205 Å². The zero-order chi connectivity index (χ0) is 66.3. The van der Waals surface area contributed by atoms with Gasteiger partial charge in [0.25, 0.3) is 0 Å². The van der Waals surface area contributed by atoms with Gasteiger partial charge in [0, 0.05) is 30.4 Å². The van der Waals surface area contributed by atoms with Crippen LogP contribution in [0.5, 0.6) is 0 Å². The van der Waals surface area contributed by atoms with E-state index in [1.165, 1.54) is 0 Å². The lowest BCUT2D eigenvalue weighted by molar-refractivity contribution is 0.632. The molecule has 0 fully saturated rings. The first-order valence-corrected chi connectivity index (χ1v) is 14.7. The van der Waals surface area contributed by atoms with Gasteiger partial charge >= 0.3 is 0 Å². The lowest BCUT2D eigenvalue weighted by Gasteiger charge is -2.44. The molecule has 0 radical (unpaired) electrons. The average molecular weight is 692 g/mol. The Bertz CT molecular complexity index is 4410. The summed E-state index contributed by atoms with van der Waals surface area (Å²) in [5, 5.41) is -2.27. The van der Waals surface area contributed by atoms with Gasteiger partial charge in [-0.2, -0.15) is 0 Å². The summed E-state index contributed by atoms with van der Waals surface area (Å²) in [5.74, 6) is 0. The summed E-state index contributed by atoms with van der Waals surface area (Å²) in [6.07, 6.45) is 0. The highest BCUT2D eigenvalue weighted by Crippen LogP contribution is 2.56. The molecule has 9 rings (SSSR count). The minimum Gasteiger partial charge on any atom is -0.308 e. The summed E-state index contributed by atoms with van der Waals surface area (Å²) in [6.45, 7) is -8.56. The summed E-state index contributed by atoms with van der Waals surface area (Å²) >= 11 is 0. The summed E-state index contributed by atoms with van der Waals surface area (Å²) in [4.78, 5) is 0.504. The molecule has 244 valence electrons. The van der Waals surface area contributed by atoms with Crippen molar-refractivity contribution >= 4 is 44.9 Å². The highest BCUT2D eigenvalue weighted by molar-refractivity contribution is 6.08. The van der Waals surface area contributed by atoms with E-state index < -0.39 is 285 Å². The molecular weight excluding hydrogens is 617 g/mol. The van der Waals surface area contributed by atoms with Crippen LogP contribution in [0.2, 0.25) is 0 Å². The molecule has 1 aliphatic heterocycles. The van der Waals surface area contributed by atoms with E-state index in [0.29, 0.717) is 6.07 Å². The predicted octanol–water partition coefficient (Wildman–Crippen LogP) is 13.8. The Labute approximate surface area is 352 Å². The van der Waals surface area contributed by atoms with E-state index in [1.54, 1.807) is 0 Å². The largest absolute Gasteiger partial charge is 0.308 e. The number of fused-ring (bicyclic) bond motifs is 3. The molecule has 2 heteroatoms. The smallest absolute Gasteiger partial charge is 0.0781 e. The molecule has 0 unspecified atom stereocenters. The van der Waals surface area contributed by atoms with Gasteiger partial charge in [-0.15, -0.1) is 0 Å². The van der Waals surface area contributed by atoms with Gasteiger partial charge in [-0.3, -0.25) is 0 Å². The molecule has 2 nitrogen and oxygen atoms in total. The SMILES string of the molecule is [2H]c1cc(N(c2c([2H])c([2H])c([2H])c([2H])c2[2H])c2c([2H])c([2H])c3c([2H])c([2H])c([2H])c([2H])c3c2N2c3c([2H])c([2H])c([2H])c([2H])c3C(C([2H])([2H])[2H])(C([2H])([2H])[2H])c3c([2H])c([2H])c(-c4c([2H])c([2H])c([2H])c([2H])c4[2H])c([2H])c32)c([2H])c([2H])c1-c1c([2H])c([2H])c([2H])c([2H])c1[2H]. The third-order valence-corrected chi connectivity index (χ3v) is 7.68. The van der Waals surface area contributed by atoms with Crippen molar-refractivity contribution in [3.63, 3.8) is 0 Å². The van der Waals surface area contributed by atoms with E-state index in [4.69, 9.17) is 23.3 Å². The fourth-order valence-corrected chi connectivity index (χ4v) is 5.48. The molecule has 0 atom stereocenters. The van der Waals surface area contributed by atoms with Crippen LogP contribution in [0.15, 0.2) is 193 Å². The Morgan fingerprint density at radius 2 is 1.10 bits per heavy atom. The fraction of sp³-hybridized carbons (Fsp3) is 0.0612. The number of hydrogen-bond acceptors (Lipinski definition) is 2. The zero-order valence-electron chi connectivity index (χ0n) is 62.5. The summed E-state index contributed by atoms with van der Waals surface area (Å²) < 4.78 is 338. The van der Waals surface area contributed by atoms with Crippen LogP contribution in [-0.2, 0) is 5.41 Å². The van der Waals surface area contributed by atoms with E-state index >= 15 is 0 Å². The van der Waals surface area contributed by atoms with Gasteiger partial charge in [0.15, 0.2) is 0 Å². The van der Waals surface area contributed by atoms with Crippen LogP contribution in [0.25, 0.3) is 33.0 Å². The minimum absolute atomic E-state index is 0.239. The fourth-order valence-electron chi connectivity index (χ4n) is 5.48. The van der Waals surface area contributed by atoms with Crippen LogP contribution < -0.4 is 9.80 Å². The molecule has 51 heavy (non-hydrogen) atoms. The van der Waals surface area contributed by atoms with Gasteiger partial charge in [-0.1, -0.05) is 165 Å². The van der Waals surface area contributed by atoms with Gasteiger partial charge < -0.3 is 9.80 Å². The molecule has 0 saturated carbocycles. The molecule has 0 saturated heterocycles. The molecule has 1 heterocycles. The van der Waals surface area contributed by atoms with Crippen LogP contribution in [0, 0.1) is 0 Å². The maximum absolute atomic E-state index is 10.3. The molecule has 0 spiro atoms.